The first-order valence-electron chi connectivity index (χ1n) is 4.22. The van der Waals surface area contributed by atoms with Gasteiger partial charge in [-0.3, -0.25) is 0 Å². The van der Waals surface area contributed by atoms with Crippen molar-refractivity contribution < 1.29 is 35.8 Å². The Morgan fingerprint density at radius 3 is 1.76 bits per heavy atom. The molecule has 0 bridgehead atoms. The van der Waals surface area contributed by atoms with E-state index in [1.807, 2.05) is 0 Å². The smallest absolute Gasteiger partial charge is 0.387 e. The minimum Gasteiger partial charge on any atom is -0.431 e. The lowest BCUT2D eigenvalue weighted by atomic mass is 10.2. The summed E-state index contributed by atoms with van der Waals surface area (Å²) in [5, 5.41) is 0. The minimum atomic E-state index is -3.33. The predicted octanol–water partition coefficient (Wildman–Crippen LogP) is 3.83. The highest BCUT2D eigenvalue weighted by Gasteiger charge is 2.17. The van der Waals surface area contributed by atoms with Gasteiger partial charge in [-0.25, -0.2) is 8.78 Å². The van der Waals surface area contributed by atoms with Crippen molar-refractivity contribution in [1.82, 2.24) is 0 Å². The van der Waals surface area contributed by atoms with Gasteiger partial charge in [0, 0.05) is 5.56 Å². The summed E-state index contributed by atoms with van der Waals surface area (Å²) in [6, 6.07) is 2.01. The average molecular weight is 260 g/mol. The molecule has 0 aliphatic rings. The molecule has 0 N–H and O–H groups in total. The maximum Gasteiger partial charge on any atom is 0.387 e. The van der Waals surface area contributed by atoms with Crippen LogP contribution in [-0.2, 0) is 0 Å². The zero-order valence-corrected chi connectivity index (χ0v) is 8.05. The van der Waals surface area contributed by atoms with E-state index in [9.17, 15) is 26.3 Å². The number of alkyl halides is 6. The zero-order valence-electron chi connectivity index (χ0n) is 8.05. The Bertz CT molecular complexity index is 369. The molecule has 0 amide bonds. The van der Waals surface area contributed by atoms with Crippen LogP contribution in [0.1, 0.15) is 12.0 Å². The molecule has 0 fully saturated rings. The summed E-state index contributed by atoms with van der Waals surface area (Å²) >= 11 is 0. The van der Waals surface area contributed by atoms with E-state index in [0.717, 1.165) is 6.07 Å². The van der Waals surface area contributed by atoms with E-state index in [4.69, 9.17) is 0 Å². The Hall–Kier alpha value is -1.60. The van der Waals surface area contributed by atoms with Crippen molar-refractivity contribution in [3.63, 3.8) is 0 Å². The van der Waals surface area contributed by atoms with Gasteiger partial charge in [0.1, 0.15) is 0 Å². The third-order valence-corrected chi connectivity index (χ3v) is 1.65. The molecular weight excluding hydrogens is 254 g/mol. The molecule has 8 heteroatoms. The van der Waals surface area contributed by atoms with Gasteiger partial charge < -0.3 is 9.47 Å². The predicted molar refractivity (Wildman–Crippen MR) is 44.7 cm³/mol. The second-order valence-electron chi connectivity index (χ2n) is 2.76. The lowest BCUT2D eigenvalue weighted by molar-refractivity contribution is -0.0693. The average Bonchev–Trinajstić information content (AvgIpc) is 2.18. The summed E-state index contributed by atoms with van der Waals surface area (Å²) in [4.78, 5) is 0. The Balaban J connectivity index is 3.03. The van der Waals surface area contributed by atoms with Crippen LogP contribution in [0.3, 0.4) is 0 Å². The third kappa shape index (κ3) is 4.04. The Labute approximate surface area is 91.7 Å². The fraction of sp³-hybridized carbons (Fsp3) is 0.333. The number of hydrogen-bond donors (Lipinski definition) is 0. The zero-order chi connectivity index (χ0) is 13.0. The van der Waals surface area contributed by atoms with Gasteiger partial charge in [0.25, 0.3) is 6.43 Å². The fourth-order valence-corrected chi connectivity index (χ4v) is 1.04. The second kappa shape index (κ2) is 5.65. The molecule has 0 aromatic heterocycles. The van der Waals surface area contributed by atoms with Crippen LogP contribution in [0.5, 0.6) is 11.5 Å². The maximum absolute atomic E-state index is 12.2. The van der Waals surface area contributed by atoms with E-state index in [1.54, 1.807) is 0 Å². The molecule has 17 heavy (non-hydrogen) atoms. The van der Waals surface area contributed by atoms with Crippen molar-refractivity contribution in [2.75, 3.05) is 0 Å². The van der Waals surface area contributed by atoms with Crippen molar-refractivity contribution in [2.45, 2.75) is 19.6 Å². The van der Waals surface area contributed by atoms with E-state index in [2.05, 4.69) is 9.47 Å². The topological polar surface area (TPSA) is 18.5 Å². The Kier molecular flexibility index (Phi) is 4.47. The number of ether oxygens (including phenoxy) is 2. The first-order chi connectivity index (χ1) is 7.90. The van der Waals surface area contributed by atoms with Crippen LogP contribution in [0.15, 0.2) is 18.2 Å². The minimum absolute atomic E-state index is 0.522. The molecule has 96 valence electrons. The number of hydrogen-bond acceptors (Lipinski definition) is 2. The van der Waals surface area contributed by atoms with Crippen LogP contribution in [0.25, 0.3) is 0 Å². The van der Waals surface area contributed by atoms with Crippen LogP contribution in [0, 0.1) is 0 Å². The van der Waals surface area contributed by atoms with Crippen LogP contribution < -0.4 is 9.47 Å². The monoisotopic (exact) mass is 260 g/mol. The van der Waals surface area contributed by atoms with Crippen molar-refractivity contribution in [3.8, 4) is 11.5 Å². The summed E-state index contributed by atoms with van der Waals surface area (Å²) in [7, 11) is 0. The molecule has 1 aromatic rings. The highest BCUT2D eigenvalue weighted by molar-refractivity contribution is 5.43. The summed E-state index contributed by atoms with van der Waals surface area (Å²) in [6.45, 7) is -6.60. The normalized spacial score (nSPS) is 11.4. The summed E-state index contributed by atoms with van der Waals surface area (Å²) in [5.74, 6) is -1.59. The fourth-order valence-electron chi connectivity index (χ4n) is 1.04. The molecule has 1 aromatic carbocycles. The van der Waals surface area contributed by atoms with Gasteiger partial charge in [-0.1, -0.05) is 0 Å². The third-order valence-electron chi connectivity index (χ3n) is 1.65. The van der Waals surface area contributed by atoms with Gasteiger partial charge in [-0.15, -0.1) is 0 Å². The SMILES string of the molecule is FC(F)Oc1ccc(C(F)F)cc1OC(F)F. The molecule has 0 unspecified atom stereocenters. The highest BCUT2D eigenvalue weighted by atomic mass is 19.3. The van der Waals surface area contributed by atoms with E-state index in [0.29, 0.717) is 12.1 Å². The molecular formula is C9H6F6O2. The Morgan fingerprint density at radius 2 is 1.29 bits per heavy atom. The largest absolute Gasteiger partial charge is 0.431 e. The van der Waals surface area contributed by atoms with Crippen LogP contribution in [0.4, 0.5) is 26.3 Å². The van der Waals surface area contributed by atoms with E-state index >= 15 is 0 Å². The molecule has 0 saturated carbocycles. The van der Waals surface area contributed by atoms with Crippen molar-refractivity contribution in [3.05, 3.63) is 23.8 Å². The first-order valence-corrected chi connectivity index (χ1v) is 4.22. The molecule has 0 aliphatic heterocycles. The molecule has 0 atom stereocenters. The lowest BCUT2D eigenvalue weighted by Crippen LogP contribution is -2.08. The quantitative estimate of drug-likeness (QED) is 0.749. The van der Waals surface area contributed by atoms with Gasteiger partial charge in [0.05, 0.1) is 0 Å². The van der Waals surface area contributed by atoms with Gasteiger partial charge in [-0.2, -0.15) is 17.6 Å². The summed E-state index contributed by atoms with van der Waals surface area (Å²) in [6.07, 6.45) is -2.93. The van der Waals surface area contributed by atoms with Crippen molar-refractivity contribution in [2.24, 2.45) is 0 Å². The molecule has 1 rings (SSSR count). The summed E-state index contributed by atoms with van der Waals surface area (Å²) < 4.78 is 79.8. The molecule has 0 heterocycles. The van der Waals surface area contributed by atoms with Gasteiger partial charge >= 0.3 is 13.2 Å². The molecule has 0 aliphatic carbocycles. The van der Waals surface area contributed by atoms with Crippen LogP contribution in [0.2, 0.25) is 0 Å². The highest BCUT2D eigenvalue weighted by Crippen LogP contribution is 2.34. The molecule has 2 nitrogen and oxygen atoms in total. The maximum atomic E-state index is 12.2. The first kappa shape index (κ1) is 13.5. The van der Waals surface area contributed by atoms with Crippen LogP contribution >= 0.6 is 0 Å². The van der Waals surface area contributed by atoms with Gasteiger partial charge in [-0.05, 0) is 18.2 Å². The number of halogens is 6. The van der Waals surface area contributed by atoms with Crippen molar-refractivity contribution >= 4 is 0 Å². The molecule has 0 radical (unpaired) electrons. The van der Waals surface area contributed by atoms with Gasteiger partial charge in [0.15, 0.2) is 11.5 Å². The van der Waals surface area contributed by atoms with Gasteiger partial charge in [0.2, 0.25) is 0 Å². The van der Waals surface area contributed by atoms with Crippen molar-refractivity contribution in [1.29, 1.82) is 0 Å². The van der Waals surface area contributed by atoms with E-state index < -0.39 is 36.7 Å². The van der Waals surface area contributed by atoms with Crippen LogP contribution in [-0.4, -0.2) is 13.2 Å². The standard InChI is InChI=1S/C9H6F6O2/c10-7(11)4-1-2-5(16-8(12)13)6(3-4)17-9(14)15/h1-3,7-9H. The number of rotatable bonds is 5. The molecule has 0 spiro atoms. The summed E-state index contributed by atoms with van der Waals surface area (Å²) in [5.41, 5.74) is -0.637. The number of benzene rings is 1. The molecule has 0 saturated heterocycles. The Morgan fingerprint density at radius 1 is 0.765 bits per heavy atom. The lowest BCUT2D eigenvalue weighted by Gasteiger charge is -2.12. The van der Waals surface area contributed by atoms with E-state index in [-0.39, 0.29) is 0 Å². The van der Waals surface area contributed by atoms with E-state index in [1.165, 1.54) is 0 Å². The second-order valence-corrected chi connectivity index (χ2v) is 2.76.